The van der Waals surface area contributed by atoms with E-state index in [1.54, 1.807) is 19.1 Å². The summed E-state index contributed by atoms with van der Waals surface area (Å²) in [6.07, 6.45) is -4.77. The van der Waals surface area contributed by atoms with E-state index >= 15 is 0 Å². The SMILES string of the molecule is Cc1noc(Cn2c(=O)oc3ccc(-c4ccc(OC(F)(F)F)cc4)nc32)n1. The number of rotatable bonds is 4. The summed E-state index contributed by atoms with van der Waals surface area (Å²) in [5, 5.41) is 3.66. The lowest BCUT2D eigenvalue weighted by Crippen LogP contribution is -2.17. The minimum Gasteiger partial charge on any atom is -0.406 e. The van der Waals surface area contributed by atoms with Crippen molar-refractivity contribution in [3.05, 3.63) is 58.7 Å². The minimum absolute atomic E-state index is 0.0263. The lowest BCUT2D eigenvalue weighted by atomic mass is 10.1. The molecular formula is C17H11F3N4O4. The standard InChI is InChI=1S/C17H11F3N4O4/c1-9-21-14(28-23-9)8-24-15-13(26-16(24)25)7-6-12(22-15)10-2-4-11(5-3-10)27-17(18,19)20/h2-7H,8H2,1H3. The number of benzene rings is 1. The summed E-state index contributed by atoms with van der Waals surface area (Å²) in [5.74, 6) is -0.359. The van der Waals surface area contributed by atoms with Gasteiger partial charge >= 0.3 is 12.1 Å². The fourth-order valence-electron chi connectivity index (χ4n) is 2.61. The third kappa shape index (κ3) is 3.59. The van der Waals surface area contributed by atoms with Crippen molar-refractivity contribution in [2.24, 2.45) is 0 Å². The van der Waals surface area contributed by atoms with E-state index in [0.29, 0.717) is 17.1 Å². The largest absolute Gasteiger partial charge is 0.573 e. The van der Waals surface area contributed by atoms with Crippen molar-refractivity contribution >= 4 is 11.2 Å². The van der Waals surface area contributed by atoms with E-state index in [2.05, 4.69) is 19.9 Å². The molecule has 0 saturated carbocycles. The van der Waals surface area contributed by atoms with Gasteiger partial charge in [0.15, 0.2) is 17.1 Å². The van der Waals surface area contributed by atoms with Crippen LogP contribution in [-0.2, 0) is 6.54 Å². The zero-order valence-corrected chi connectivity index (χ0v) is 14.2. The maximum absolute atomic E-state index is 12.3. The molecule has 3 aromatic heterocycles. The first-order valence-corrected chi connectivity index (χ1v) is 7.94. The van der Waals surface area contributed by atoms with Gasteiger partial charge in [0.2, 0.25) is 5.89 Å². The highest BCUT2D eigenvalue weighted by Crippen LogP contribution is 2.26. The number of ether oxygens (including phenoxy) is 1. The van der Waals surface area contributed by atoms with Crippen molar-refractivity contribution < 1.29 is 26.8 Å². The van der Waals surface area contributed by atoms with Crippen molar-refractivity contribution in [3.8, 4) is 17.0 Å². The highest BCUT2D eigenvalue weighted by Gasteiger charge is 2.31. The number of halogens is 3. The number of aryl methyl sites for hydroxylation is 1. The van der Waals surface area contributed by atoms with Crippen LogP contribution in [0, 0.1) is 6.92 Å². The smallest absolute Gasteiger partial charge is 0.406 e. The molecule has 0 aliphatic heterocycles. The first-order valence-electron chi connectivity index (χ1n) is 7.94. The van der Waals surface area contributed by atoms with Crippen molar-refractivity contribution in [1.29, 1.82) is 0 Å². The monoisotopic (exact) mass is 392 g/mol. The van der Waals surface area contributed by atoms with E-state index in [4.69, 9.17) is 8.94 Å². The van der Waals surface area contributed by atoms with Gasteiger partial charge in [-0.1, -0.05) is 5.16 Å². The number of fused-ring (bicyclic) bond motifs is 1. The van der Waals surface area contributed by atoms with Gasteiger partial charge in [0, 0.05) is 5.56 Å². The normalized spacial score (nSPS) is 11.9. The molecule has 28 heavy (non-hydrogen) atoms. The number of alkyl halides is 3. The van der Waals surface area contributed by atoms with Crippen molar-refractivity contribution in [2.45, 2.75) is 19.8 Å². The predicted molar refractivity (Wildman–Crippen MR) is 88.5 cm³/mol. The average Bonchev–Trinajstić information content (AvgIpc) is 3.17. The first-order chi connectivity index (χ1) is 13.3. The molecule has 0 amide bonds. The zero-order chi connectivity index (χ0) is 19.9. The number of pyridine rings is 1. The van der Waals surface area contributed by atoms with Crippen LogP contribution in [0.1, 0.15) is 11.7 Å². The highest BCUT2D eigenvalue weighted by atomic mass is 19.4. The Bertz CT molecular complexity index is 1190. The van der Waals surface area contributed by atoms with Crippen molar-refractivity contribution in [2.75, 3.05) is 0 Å². The molecule has 0 unspecified atom stereocenters. The van der Waals surface area contributed by atoms with Crippen LogP contribution < -0.4 is 10.5 Å². The van der Waals surface area contributed by atoms with Gasteiger partial charge in [0.1, 0.15) is 12.3 Å². The van der Waals surface area contributed by atoms with E-state index in [0.717, 1.165) is 0 Å². The second-order valence-electron chi connectivity index (χ2n) is 5.78. The van der Waals surface area contributed by atoms with Gasteiger partial charge in [-0.25, -0.2) is 14.3 Å². The molecule has 1 aromatic carbocycles. The Morgan fingerprint density at radius 2 is 1.86 bits per heavy atom. The Balaban J connectivity index is 1.69. The lowest BCUT2D eigenvalue weighted by molar-refractivity contribution is -0.274. The summed E-state index contributed by atoms with van der Waals surface area (Å²) in [5.41, 5.74) is 1.46. The maximum atomic E-state index is 12.3. The molecule has 4 aromatic rings. The van der Waals surface area contributed by atoms with Gasteiger partial charge in [-0.3, -0.25) is 0 Å². The summed E-state index contributed by atoms with van der Waals surface area (Å²) >= 11 is 0. The molecule has 8 nitrogen and oxygen atoms in total. The molecule has 3 heterocycles. The molecule has 0 saturated heterocycles. The Labute approximate surface area is 154 Å². The molecule has 0 fully saturated rings. The molecule has 4 rings (SSSR count). The maximum Gasteiger partial charge on any atom is 0.573 e. The van der Waals surface area contributed by atoms with Gasteiger partial charge in [-0.2, -0.15) is 4.98 Å². The quantitative estimate of drug-likeness (QED) is 0.526. The number of oxazole rings is 1. The second-order valence-corrected chi connectivity index (χ2v) is 5.78. The molecule has 0 spiro atoms. The first kappa shape index (κ1) is 17.8. The van der Waals surface area contributed by atoms with Gasteiger partial charge in [0.05, 0.1) is 5.69 Å². The average molecular weight is 392 g/mol. The third-order valence-corrected chi connectivity index (χ3v) is 3.76. The molecule has 144 valence electrons. The summed E-state index contributed by atoms with van der Waals surface area (Å²) in [6, 6.07) is 8.36. The number of hydrogen-bond donors (Lipinski definition) is 0. The van der Waals surface area contributed by atoms with E-state index < -0.39 is 12.1 Å². The van der Waals surface area contributed by atoms with E-state index in [1.807, 2.05) is 0 Å². The summed E-state index contributed by atoms with van der Waals surface area (Å²) in [7, 11) is 0. The fourth-order valence-corrected chi connectivity index (χ4v) is 2.61. The van der Waals surface area contributed by atoms with E-state index in [1.165, 1.54) is 28.8 Å². The summed E-state index contributed by atoms with van der Waals surface area (Å²) in [4.78, 5) is 20.5. The molecule has 0 atom stereocenters. The van der Waals surface area contributed by atoms with Crippen LogP contribution in [0.5, 0.6) is 5.75 Å². The van der Waals surface area contributed by atoms with E-state index in [9.17, 15) is 18.0 Å². The topological polar surface area (TPSA) is 96.2 Å². The van der Waals surface area contributed by atoms with E-state index in [-0.39, 0.29) is 29.4 Å². The van der Waals surface area contributed by atoms with Crippen LogP contribution >= 0.6 is 0 Å². The van der Waals surface area contributed by atoms with Crippen molar-refractivity contribution in [1.82, 2.24) is 19.7 Å². The van der Waals surface area contributed by atoms with Crippen LogP contribution in [0.2, 0.25) is 0 Å². The number of hydrogen-bond acceptors (Lipinski definition) is 7. The van der Waals surface area contributed by atoms with Crippen LogP contribution in [-0.4, -0.2) is 26.1 Å². The van der Waals surface area contributed by atoms with Gasteiger partial charge in [0.25, 0.3) is 0 Å². The van der Waals surface area contributed by atoms with Crippen molar-refractivity contribution in [3.63, 3.8) is 0 Å². The fraction of sp³-hybridized carbons (Fsp3) is 0.176. The highest BCUT2D eigenvalue weighted by molar-refractivity contribution is 5.73. The Morgan fingerprint density at radius 3 is 2.50 bits per heavy atom. The molecule has 0 aliphatic carbocycles. The molecular weight excluding hydrogens is 381 g/mol. The van der Waals surface area contributed by atoms with Crippen LogP contribution in [0.25, 0.3) is 22.5 Å². The molecule has 11 heteroatoms. The zero-order valence-electron chi connectivity index (χ0n) is 14.2. The molecule has 0 aliphatic rings. The van der Waals surface area contributed by atoms with Crippen LogP contribution in [0.3, 0.4) is 0 Å². The Kier molecular flexibility index (Phi) is 4.13. The van der Waals surface area contributed by atoms with Crippen LogP contribution in [0.4, 0.5) is 13.2 Å². The van der Waals surface area contributed by atoms with Gasteiger partial charge < -0.3 is 13.7 Å². The minimum atomic E-state index is -4.77. The Morgan fingerprint density at radius 1 is 1.11 bits per heavy atom. The lowest BCUT2D eigenvalue weighted by Gasteiger charge is -2.09. The molecule has 0 N–H and O–H groups in total. The summed E-state index contributed by atoms with van der Waals surface area (Å²) < 4.78 is 52.1. The Hall–Kier alpha value is -3.63. The third-order valence-electron chi connectivity index (χ3n) is 3.76. The molecule has 0 radical (unpaired) electrons. The van der Waals surface area contributed by atoms with Gasteiger partial charge in [-0.15, -0.1) is 13.2 Å². The predicted octanol–water partition coefficient (Wildman–Crippen LogP) is 3.29. The number of aromatic nitrogens is 4. The molecule has 0 bridgehead atoms. The second kappa shape index (κ2) is 6.51. The number of nitrogens with zero attached hydrogens (tertiary/aromatic N) is 4. The van der Waals surface area contributed by atoms with Crippen LogP contribution in [0.15, 0.2) is 50.1 Å². The van der Waals surface area contributed by atoms with Gasteiger partial charge in [-0.05, 0) is 43.3 Å². The summed E-state index contributed by atoms with van der Waals surface area (Å²) in [6.45, 7) is 1.62.